The molecule has 0 saturated heterocycles. The lowest BCUT2D eigenvalue weighted by Crippen LogP contribution is -2.51. The van der Waals surface area contributed by atoms with Crippen LogP contribution < -0.4 is 10.1 Å². The minimum absolute atomic E-state index is 0.00238. The molecule has 0 aromatic heterocycles. The third kappa shape index (κ3) is 6.90. The van der Waals surface area contributed by atoms with Crippen LogP contribution in [0.4, 0.5) is 0 Å². The van der Waals surface area contributed by atoms with Gasteiger partial charge in [-0.1, -0.05) is 73.4 Å². The Labute approximate surface area is 224 Å². The van der Waals surface area contributed by atoms with Gasteiger partial charge >= 0.3 is 0 Å². The molecule has 35 heavy (non-hydrogen) atoms. The summed E-state index contributed by atoms with van der Waals surface area (Å²) in [6.45, 7) is 5.74. The van der Waals surface area contributed by atoms with Crippen LogP contribution in [0.5, 0.6) is 5.75 Å². The number of hydrogen-bond donors (Lipinski definition) is 1. The van der Waals surface area contributed by atoms with Gasteiger partial charge in [0.25, 0.3) is 5.91 Å². The first-order valence-electron chi connectivity index (χ1n) is 11.6. The fourth-order valence-corrected chi connectivity index (χ4v) is 4.82. The first-order chi connectivity index (χ1) is 16.7. The van der Waals surface area contributed by atoms with Crippen LogP contribution >= 0.6 is 39.1 Å². The van der Waals surface area contributed by atoms with Gasteiger partial charge in [-0.3, -0.25) is 9.59 Å². The molecule has 0 aliphatic rings. The van der Waals surface area contributed by atoms with Crippen LogP contribution in [-0.4, -0.2) is 35.4 Å². The Hall–Kier alpha value is -2.28. The van der Waals surface area contributed by atoms with Crippen LogP contribution in [0.3, 0.4) is 0 Å². The van der Waals surface area contributed by atoms with Crippen molar-refractivity contribution in [2.45, 2.75) is 52.2 Å². The smallest absolute Gasteiger partial charge is 0.261 e. The number of fused-ring (bicyclic) bond motifs is 1. The van der Waals surface area contributed by atoms with E-state index in [-0.39, 0.29) is 31.0 Å². The fourth-order valence-electron chi connectivity index (χ4n) is 3.74. The summed E-state index contributed by atoms with van der Waals surface area (Å²) in [5.41, 5.74) is 0.700. The molecule has 0 aliphatic heterocycles. The second-order valence-corrected chi connectivity index (χ2v) is 10.0. The van der Waals surface area contributed by atoms with Gasteiger partial charge in [-0.15, -0.1) is 0 Å². The number of nitrogens with zero attached hydrogens (tertiary/aromatic N) is 1. The summed E-state index contributed by atoms with van der Waals surface area (Å²) >= 11 is 16.0. The molecular formula is C27H29BrCl2N2O3. The summed E-state index contributed by atoms with van der Waals surface area (Å²) in [5.74, 6) is 0.0352. The Bertz CT molecular complexity index is 1200. The number of carbonyl (C=O) groups is 2. The van der Waals surface area contributed by atoms with Crippen molar-refractivity contribution in [1.82, 2.24) is 10.2 Å². The fraction of sp³-hybridized carbons (Fsp3) is 0.333. The van der Waals surface area contributed by atoms with E-state index in [2.05, 4.69) is 21.2 Å². The Morgan fingerprint density at radius 2 is 1.80 bits per heavy atom. The molecule has 0 fully saturated rings. The SMILES string of the molecule is CC[C@@H](C)NC(=O)[C@H](CC)N(Cc1ccc(Cl)cc1Cl)C(=O)COc1ccc2ccccc2c1Br. The first kappa shape index (κ1) is 27.3. The van der Waals surface area contributed by atoms with Crippen LogP contribution in [0.2, 0.25) is 10.0 Å². The standard InChI is InChI=1S/C27H29BrCl2N2O3/c1-4-17(3)31-27(34)23(5-2)32(15-19-10-12-20(29)14-22(19)30)25(33)16-35-24-13-11-18-8-6-7-9-21(18)26(24)28/h6-14,17,23H,4-5,15-16H2,1-3H3,(H,31,34)/t17-,23+/m1/s1. The number of ether oxygens (including phenoxy) is 1. The van der Waals surface area contributed by atoms with Crippen LogP contribution in [-0.2, 0) is 16.1 Å². The molecule has 8 heteroatoms. The molecule has 0 aliphatic carbocycles. The Morgan fingerprint density at radius 1 is 1.06 bits per heavy atom. The van der Waals surface area contributed by atoms with Crippen molar-refractivity contribution < 1.29 is 14.3 Å². The first-order valence-corrected chi connectivity index (χ1v) is 13.1. The lowest BCUT2D eigenvalue weighted by Gasteiger charge is -2.31. The van der Waals surface area contributed by atoms with Crippen LogP contribution in [0.25, 0.3) is 10.8 Å². The van der Waals surface area contributed by atoms with Gasteiger partial charge in [-0.25, -0.2) is 0 Å². The van der Waals surface area contributed by atoms with Crippen LogP contribution in [0, 0.1) is 0 Å². The molecule has 2 amide bonds. The van der Waals surface area contributed by atoms with E-state index < -0.39 is 6.04 Å². The number of benzene rings is 3. The van der Waals surface area contributed by atoms with E-state index in [1.165, 1.54) is 4.90 Å². The number of carbonyl (C=O) groups excluding carboxylic acids is 2. The van der Waals surface area contributed by atoms with Crippen molar-refractivity contribution in [3.63, 3.8) is 0 Å². The molecule has 0 bridgehead atoms. The summed E-state index contributed by atoms with van der Waals surface area (Å²) in [7, 11) is 0. The second-order valence-electron chi connectivity index (χ2n) is 8.39. The number of rotatable bonds is 10. The minimum atomic E-state index is -0.674. The van der Waals surface area contributed by atoms with Crippen molar-refractivity contribution in [3.05, 3.63) is 74.7 Å². The zero-order valence-electron chi connectivity index (χ0n) is 20.0. The van der Waals surface area contributed by atoms with Gasteiger partial charge in [0, 0.05) is 22.6 Å². The maximum atomic E-state index is 13.5. The molecule has 2 atom stereocenters. The predicted octanol–water partition coefficient (Wildman–Crippen LogP) is 7.01. The highest BCUT2D eigenvalue weighted by Gasteiger charge is 2.30. The van der Waals surface area contributed by atoms with Gasteiger partial charge in [-0.05, 0) is 70.2 Å². The maximum absolute atomic E-state index is 13.5. The van der Waals surface area contributed by atoms with Gasteiger partial charge in [0.2, 0.25) is 5.91 Å². The van der Waals surface area contributed by atoms with Crippen molar-refractivity contribution in [3.8, 4) is 5.75 Å². The summed E-state index contributed by atoms with van der Waals surface area (Å²) in [5, 5.41) is 5.98. The van der Waals surface area contributed by atoms with E-state index in [9.17, 15) is 9.59 Å². The lowest BCUT2D eigenvalue weighted by molar-refractivity contribution is -0.143. The van der Waals surface area contributed by atoms with Gasteiger partial charge < -0.3 is 15.0 Å². The monoisotopic (exact) mass is 578 g/mol. The van der Waals surface area contributed by atoms with Crippen molar-refractivity contribution in [2.75, 3.05) is 6.61 Å². The Kier molecular flexibility index (Phi) is 9.84. The Balaban J connectivity index is 1.86. The summed E-state index contributed by atoms with van der Waals surface area (Å²) < 4.78 is 6.70. The Morgan fingerprint density at radius 3 is 2.49 bits per heavy atom. The molecule has 0 spiro atoms. The van der Waals surface area contributed by atoms with Gasteiger partial charge in [0.1, 0.15) is 11.8 Å². The zero-order chi connectivity index (χ0) is 25.5. The zero-order valence-corrected chi connectivity index (χ0v) is 23.1. The lowest BCUT2D eigenvalue weighted by atomic mass is 10.1. The summed E-state index contributed by atoms with van der Waals surface area (Å²) in [6, 6.07) is 16.1. The molecule has 3 rings (SSSR count). The quantitative estimate of drug-likeness (QED) is 0.281. The third-order valence-corrected chi connectivity index (χ3v) is 7.33. The highest BCUT2D eigenvalue weighted by atomic mass is 79.9. The van der Waals surface area contributed by atoms with Crippen molar-refractivity contribution >= 4 is 61.7 Å². The maximum Gasteiger partial charge on any atom is 0.261 e. The molecule has 3 aromatic rings. The van der Waals surface area contributed by atoms with E-state index in [1.54, 1.807) is 18.2 Å². The molecule has 186 valence electrons. The summed E-state index contributed by atoms with van der Waals surface area (Å²) in [6.07, 6.45) is 1.23. The molecule has 0 heterocycles. The van der Waals surface area contributed by atoms with Gasteiger partial charge in [0.15, 0.2) is 6.61 Å². The van der Waals surface area contributed by atoms with E-state index in [0.29, 0.717) is 27.8 Å². The molecule has 0 unspecified atom stereocenters. The predicted molar refractivity (Wildman–Crippen MR) is 146 cm³/mol. The molecule has 0 saturated carbocycles. The number of halogens is 3. The van der Waals surface area contributed by atoms with E-state index in [0.717, 1.165) is 21.7 Å². The molecule has 0 radical (unpaired) electrons. The second kappa shape index (κ2) is 12.6. The van der Waals surface area contributed by atoms with Gasteiger partial charge in [-0.2, -0.15) is 0 Å². The highest BCUT2D eigenvalue weighted by Crippen LogP contribution is 2.33. The molecular weight excluding hydrogens is 551 g/mol. The molecule has 3 aromatic carbocycles. The van der Waals surface area contributed by atoms with Crippen LogP contribution in [0.1, 0.15) is 39.2 Å². The molecule has 5 nitrogen and oxygen atoms in total. The topological polar surface area (TPSA) is 58.6 Å². The van der Waals surface area contributed by atoms with Crippen molar-refractivity contribution in [2.24, 2.45) is 0 Å². The third-order valence-electron chi connectivity index (χ3n) is 5.92. The van der Waals surface area contributed by atoms with E-state index in [4.69, 9.17) is 27.9 Å². The van der Waals surface area contributed by atoms with Crippen molar-refractivity contribution in [1.29, 1.82) is 0 Å². The molecule has 1 N–H and O–H groups in total. The van der Waals surface area contributed by atoms with Gasteiger partial charge in [0.05, 0.1) is 4.47 Å². The average molecular weight is 580 g/mol. The van der Waals surface area contributed by atoms with E-state index in [1.807, 2.05) is 57.2 Å². The average Bonchev–Trinajstić information content (AvgIpc) is 2.84. The largest absolute Gasteiger partial charge is 0.483 e. The highest BCUT2D eigenvalue weighted by molar-refractivity contribution is 9.10. The number of nitrogens with one attached hydrogen (secondary N) is 1. The summed E-state index contributed by atoms with van der Waals surface area (Å²) in [4.78, 5) is 28.1. The normalized spacial score (nSPS) is 12.7. The van der Waals surface area contributed by atoms with E-state index >= 15 is 0 Å². The number of hydrogen-bond acceptors (Lipinski definition) is 3. The number of amides is 2. The minimum Gasteiger partial charge on any atom is -0.483 e. The van der Waals surface area contributed by atoms with Crippen LogP contribution in [0.15, 0.2) is 59.1 Å².